The number of carbonyl (C=O) groups excluding carboxylic acids is 1. The minimum Gasteiger partial charge on any atom is -0.466 e. The number of carbonyl (C=O) groups is 1. The third kappa shape index (κ3) is 3.33. The average molecular weight is 269 g/mol. The lowest BCUT2D eigenvalue weighted by molar-refractivity contribution is -0.160. The van der Waals surface area contributed by atoms with E-state index in [2.05, 4.69) is 6.07 Å². The number of hydrogen-bond acceptors (Lipinski definition) is 4. The van der Waals surface area contributed by atoms with E-state index < -0.39 is 19.9 Å². The molecule has 4 nitrogen and oxygen atoms in total. The number of nitriles is 1. The van der Waals surface area contributed by atoms with Crippen LogP contribution in [-0.4, -0.2) is 27.0 Å². The highest BCUT2D eigenvalue weighted by Gasteiger charge is 2.51. The van der Waals surface area contributed by atoms with Gasteiger partial charge in [-0.25, -0.2) is 4.79 Å². The Bertz CT molecular complexity index is 339. The number of ether oxygens (including phenoxy) is 1. The summed E-state index contributed by atoms with van der Waals surface area (Å²) in [7, 11) is -0.676. The predicted octanol–water partition coefficient (Wildman–Crippen LogP) is 2.85. The molecule has 0 aromatic rings. The lowest BCUT2D eigenvalue weighted by atomic mass is 9.77. The molecule has 1 atom stereocenters. The summed E-state index contributed by atoms with van der Waals surface area (Å²) < 4.78 is 10.8. The zero-order valence-electron chi connectivity index (χ0n) is 11.8. The quantitative estimate of drug-likeness (QED) is 0.581. The summed E-state index contributed by atoms with van der Waals surface area (Å²) in [5, 5.41) is 9.54. The second-order valence-corrected chi connectivity index (χ2v) is 10.3. The summed E-state index contributed by atoms with van der Waals surface area (Å²) in [6.07, 6.45) is 5.02. The molecule has 102 valence electrons. The molecule has 18 heavy (non-hydrogen) atoms. The van der Waals surface area contributed by atoms with E-state index in [1.807, 2.05) is 19.6 Å². The molecule has 1 saturated carbocycles. The van der Waals surface area contributed by atoms with Crippen molar-refractivity contribution in [2.75, 3.05) is 7.11 Å². The van der Waals surface area contributed by atoms with Crippen LogP contribution < -0.4 is 0 Å². The van der Waals surface area contributed by atoms with Gasteiger partial charge < -0.3 is 9.16 Å². The Labute approximate surface area is 110 Å². The van der Waals surface area contributed by atoms with Crippen molar-refractivity contribution in [3.63, 3.8) is 0 Å². The first-order valence-corrected chi connectivity index (χ1v) is 9.96. The van der Waals surface area contributed by atoms with Crippen molar-refractivity contribution in [3.05, 3.63) is 0 Å². The summed E-state index contributed by atoms with van der Waals surface area (Å²) >= 11 is 0. The first-order chi connectivity index (χ1) is 8.35. The van der Waals surface area contributed by atoms with E-state index in [4.69, 9.17) is 9.16 Å². The van der Waals surface area contributed by atoms with Crippen LogP contribution in [0, 0.1) is 17.2 Å². The second kappa shape index (κ2) is 5.85. The van der Waals surface area contributed by atoms with E-state index in [1.54, 1.807) is 0 Å². The Morgan fingerprint density at radius 1 is 1.28 bits per heavy atom. The van der Waals surface area contributed by atoms with Crippen LogP contribution in [0.4, 0.5) is 0 Å². The van der Waals surface area contributed by atoms with Crippen LogP contribution in [0.15, 0.2) is 0 Å². The van der Waals surface area contributed by atoms with Gasteiger partial charge in [-0.1, -0.05) is 19.3 Å². The normalized spacial score (nSPS) is 20.8. The maximum absolute atomic E-state index is 12.1. The topological polar surface area (TPSA) is 59.3 Å². The zero-order chi connectivity index (χ0) is 13.8. The lowest BCUT2D eigenvalue weighted by Crippen LogP contribution is -2.53. The molecule has 0 aromatic carbocycles. The van der Waals surface area contributed by atoms with Gasteiger partial charge in [-0.3, -0.25) is 0 Å². The Balaban J connectivity index is 3.05. The molecule has 1 aliphatic rings. The molecule has 0 radical (unpaired) electrons. The van der Waals surface area contributed by atoms with Gasteiger partial charge in [0.1, 0.15) is 6.07 Å². The molecule has 0 N–H and O–H groups in total. The van der Waals surface area contributed by atoms with E-state index >= 15 is 0 Å². The van der Waals surface area contributed by atoms with Gasteiger partial charge in [0.25, 0.3) is 0 Å². The number of methoxy groups -OCH3 is 1. The summed E-state index contributed by atoms with van der Waals surface area (Å²) in [6, 6.07) is 2.13. The third-order valence-corrected chi connectivity index (χ3v) is 4.24. The zero-order valence-corrected chi connectivity index (χ0v) is 12.8. The van der Waals surface area contributed by atoms with Gasteiger partial charge in [0.05, 0.1) is 7.11 Å². The molecule has 0 saturated heterocycles. The Hall–Kier alpha value is -0.863. The van der Waals surface area contributed by atoms with Crippen molar-refractivity contribution >= 4 is 14.3 Å². The molecular formula is C13H23NO3Si. The van der Waals surface area contributed by atoms with Gasteiger partial charge in [-0.15, -0.1) is 0 Å². The van der Waals surface area contributed by atoms with Gasteiger partial charge in [0, 0.05) is 5.92 Å². The van der Waals surface area contributed by atoms with E-state index in [1.165, 1.54) is 13.5 Å². The monoisotopic (exact) mass is 269 g/mol. The molecule has 1 fully saturated rings. The van der Waals surface area contributed by atoms with Crippen molar-refractivity contribution in [1.82, 2.24) is 0 Å². The third-order valence-electron chi connectivity index (χ3n) is 3.30. The molecule has 0 amide bonds. The summed E-state index contributed by atoms with van der Waals surface area (Å²) in [5.74, 6) is -0.560. The molecule has 0 heterocycles. The summed E-state index contributed by atoms with van der Waals surface area (Å²) in [6.45, 7) is 5.97. The minimum absolute atomic E-state index is 0.0320. The van der Waals surface area contributed by atoms with Crippen molar-refractivity contribution in [2.45, 2.75) is 57.3 Å². The van der Waals surface area contributed by atoms with Crippen LogP contribution >= 0.6 is 0 Å². The molecule has 1 aliphatic carbocycles. The summed E-state index contributed by atoms with van der Waals surface area (Å²) in [5.41, 5.74) is -1.39. The molecule has 5 heteroatoms. The van der Waals surface area contributed by atoms with Gasteiger partial charge in [0.2, 0.25) is 5.60 Å². The molecule has 0 bridgehead atoms. The Morgan fingerprint density at radius 3 is 2.22 bits per heavy atom. The van der Waals surface area contributed by atoms with E-state index in [0.717, 1.165) is 25.7 Å². The first kappa shape index (κ1) is 15.2. The smallest absolute Gasteiger partial charge is 0.352 e. The number of hydrogen-bond donors (Lipinski definition) is 0. The average Bonchev–Trinajstić information content (AvgIpc) is 2.35. The molecule has 0 aliphatic heterocycles. The van der Waals surface area contributed by atoms with Gasteiger partial charge in [-0.05, 0) is 32.5 Å². The van der Waals surface area contributed by atoms with E-state index in [-0.39, 0.29) is 5.92 Å². The fourth-order valence-corrected chi connectivity index (χ4v) is 3.86. The Kier molecular flexibility index (Phi) is 4.94. The van der Waals surface area contributed by atoms with Crippen molar-refractivity contribution < 1.29 is 14.0 Å². The number of esters is 1. The van der Waals surface area contributed by atoms with Crippen molar-refractivity contribution in [3.8, 4) is 6.07 Å². The standard InChI is InChI=1S/C13H23NO3Si/c1-16-12(15)13(10-14,17-18(2,3)4)11-8-6-5-7-9-11/h11H,5-9H2,1-4H3. The van der Waals surface area contributed by atoms with Crippen LogP contribution in [0.3, 0.4) is 0 Å². The molecule has 0 aromatic heterocycles. The summed E-state index contributed by atoms with van der Waals surface area (Å²) in [4.78, 5) is 12.1. The fourth-order valence-electron chi connectivity index (χ4n) is 2.60. The highest BCUT2D eigenvalue weighted by molar-refractivity contribution is 6.70. The molecule has 1 rings (SSSR count). The van der Waals surface area contributed by atoms with E-state index in [9.17, 15) is 10.1 Å². The van der Waals surface area contributed by atoms with Crippen LogP contribution in [0.25, 0.3) is 0 Å². The molecule has 1 unspecified atom stereocenters. The molecular weight excluding hydrogens is 246 g/mol. The largest absolute Gasteiger partial charge is 0.466 e. The molecule has 0 spiro atoms. The highest BCUT2D eigenvalue weighted by atomic mass is 28.4. The first-order valence-electron chi connectivity index (χ1n) is 6.55. The fraction of sp³-hybridized carbons (Fsp3) is 0.846. The van der Waals surface area contributed by atoms with Crippen molar-refractivity contribution in [2.24, 2.45) is 5.92 Å². The number of rotatable bonds is 4. The maximum atomic E-state index is 12.1. The van der Waals surface area contributed by atoms with Crippen LogP contribution in [0.5, 0.6) is 0 Å². The van der Waals surface area contributed by atoms with Crippen molar-refractivity contribution in [1.29, 1.82) is 5.26 Å². The highest BCUT2D eigenvalue weighted by Crippen LogP contribution is 2.37. The second-order valence-electron chi connectivity index (χ2n) is 5.89. The van der Waals surface area contributed by atoms with Crippen LogP contribution in [0.2, 0.25) is 19.6 Å². The van der Waals surface area contributed by atoms with Gasteiger partial charge in [0.15, 0.2) is 8.32 Å². The SMILES string of the molecule is COC(=O)C(C#N)(O[Si](C)(C)C)C1CCCCC1. The number of nitrogens with zero attached hydrogens (tertiary/aromatic N) is 1. The van der Waals surface area contributed by atoms with Crippen LogP contribution in [0.1, 0.15) is 32.1 Å². The Morgan fingerprint density at radius 2 is 1.83 bits per heavy atom. The minimum atomic E-state index is -2.00. The van der Waals surface area contributed by atoms with Crippen LogP contribution in [-0.2, 0) is 14.0 Å². The van der Waals surface area contributed by atoms with Gasteiger partial charge >= 0.3 is 5.97 Å². The predicted molar refractivity (Wildman–Crippen MR) is 71.4 cm³/mol. The lowest BCUT2D eigenvalue weighted by Gasteiger charge is -2.38. The van der Waals surface area contributed by atoms with E-state index in [0.29, 0.717) is 0 Å². The van der Waals surface area contributed by atoms with Gasteiger partial charge in [-0.2, -0.15) is 5.26 Å². The maximum Gasteiger partial charge on any atom is 0.352 e.